The van der Waals surface area contributed by atoms with Crippen LogP contribution >= 0.6 is 0 Å². The van der Waals surface area contributed by atoms with E-state index in [1.807, 2.05) is 24.0 Å². The standard InChI is InChI=1S/C20H31N3O3/c1-2-18(16-5-7-17(24)8-6-16)21-19(25)23-13-9-20(26,10-14-23)15-22-11-3-4-12-22/h5-8,18,24,26H,2-4,9-15H2,1H3,(H,21,25). The molecule has 3 rings (SSSR count). The van der Waals surface area contributed by atoms with Crippen molar-refractivity contribution in [3.05, 3.63) is 29.8 Å². The summed E-state index contributed by atoms with van der Waals surface area (Å²) >= 11 is 0. The van der Waals surface area contributed by atoms with Gasteiger partial charge in [-0.25, -0.2) is 4.79 Å². The Bertz CT molecular complexity index is 591. The highest BCUT2D eigenvalue weighted by atomic mass is 16.3. The van der Waals surface area contributed by atoms with E-state index in [4.69, 9.17) is 0 Å². The Kier molecular flexibility index (Phi) is 6.04. The molecule has 26 heavy (non-hydrogen) atoms. The molecule has 0 saturated carbocycles. The number of carbonyl (C=O) groups excluding carboxylic acids is 1. The van der Waals surface area contributed by atoms with Crippen LogP contribution < -0.4 is 5.32 Å². The van der Waals surface area contributed by atoms with E-state index in [0.717, 1.165) is 31.6 Å². The van der Waals surface area contributed by atoms with E-state index in [0.29, 0.717) is 25.9 Å². The fraction of sp³-hybridized carbons (Fsp3) is 0.650. The van der Waals surface area contributed by atoms with Crippen molar-refractivity contribution >= 4 is 6.03 Å². The summed E-state index contributed by atoms with van der Waals surface area (Å²) in [5.74, 6) is 0.225. The number of aliphatic hydroxyl groups is 1. The second-order valence-corrected chi connectivity index (χ2v) is 7.70. The number of nitrogens with one attached hydrogen (secondary N) is 1. The first kappa shape index (κ1) is 19.0. The Balaban J connectivity index is 1.51. The monoisotopic (exact) mass is 361 g/mol. The minimum absolute atomic E-state index is 0.0755. The van der Waals surface area contributed by atoms with Crippen LogP contribution in [0.15, 0.2) is 24.3 Å². The van der Waals surface area contributed by atoms with E-state index < -0.39 is 5.60 Å². The Labute approximate surface area is 155 Å². The zero-order valence-corrected chi connectivity index (χ0v) is 15.7. The fourth-order valence-corrected chi connectivity index (χ4v) is 4.01. The number of piperidine rings is 1. The highest BCUT2D eigenvalue weighted by Crippen LogP contribution is 2.26. The Morgan fingerprint density at radius 3 is 2.35 bits per heavy atom. The number of hydrogen-bond donors (Lipinski definition) is 3. The maximum Gasteiger partial charge on any atom is 0.317 e. The minimum Gasteiger partial charge on any atom is -0.508 e. The highest BCUT2D eigenvalue weighted by Gasteiger charge is 2.36. The normalized spacial score (nSPS) is 21.5. The Morgan fingerprint density at radius 1 is 1.15 bits per heavy atom. The third-order valence-corrected chi connectivity index (χ3v) is 5.70. The first-order valence-electron chi connectivity index (χ1n) is 9.78. The van der Waals surface area contributed by atoms with Gasteiger partial charge in [0.2, 0.25) is 0 Å². The average Bonchev–Trinajstić information content (AvgIpc) is 3.13. The SMILES string of the molecule is CCC(NC(=O)N1CCC(O)(CN2CCCC2)CC1)c1ccc(O)cc1. The number of nitrogens with zero attached hydrogens (tertiary/aromatic N) is 2. The average molecular weight is 361 g/mol. The molecule has 2 amide bonds. The predicted octanol–water partition coefficient (Wildman–Crippen LogP) is 2.48. The van der Waals surface area contributed by atoms with E-state index in [2.05, 4.69) is 10.2 Å². The van der Waals surface area contributed by atoms with Gasteiger partial charge >= 0.3 is 6.03 Å². The maximum absolute atomic E-state index is 12.6. The number of urea groups is 1. The molecule has 1 aromatic rings. The molecule has 2 aliphatic heterocycles. The summed E-state index contributed by atoms with van der Waals surface area (Å²) in [4.78, 5) is 16.8. The number of carbonyl (C=O) groups is 1. The van der Waals surface area contributed by atoms with E-state index >= 15 is 0 Å². The van der Waals surface area contributed by atoms with Crippen LogP contribution in [0.25, 0.3) is 0 Å². The molecule has 0 spiro atoms. The molecule has 2 aliphatic rings. The number of rotatable bonds is 5. The number of phenolic OH excluding ortho intramolecular Hbond substituents is 1. The number of β-amino-alcohol motifs (C(OH)–C–C–N with tert-alkyl or cyclic N) is 1. The van der Waals surface area contributed by atoms with Gasteiger partial charge in [0.1, 0.15) is 5.75 Å². The third-order valence-electron chi connectivity index (χ3n) is 5.70. The van der Waals surface area contributed by atoms with Crippen LogP contribution in [0.1, 0.15) is 50.6 Å². The van der Waals surface area contributed by atoms with Gasteiger partial charge in [-0.1, -0.05) is 19.1 Å². The Morgan fingerprint density at radius 2 is 1.77 bits per heavy atom. The molecule has 1 aromatic carbocycles. The molecule has 0 aliphatic carbocycles. The summed E-state index contributed by atoms with van der Waals surface area (Å²) in [5.41, 5.74) is 0.323. The number of aromatic hydroxyl groups is 1. The number of amides is 2. The van der Waals surface area contributed by atoms with Crippen molar-refractivity contribution in [1.29, 1.82) is 0 Å². The van der Waals surface area contributed by atoms with Gasteiger partial charge in [-0.05, 0) is 62.9 Å². The van der Waals surface area contributed by atoms with Gasteiger partial charge in [0.05, 0.1) is 11.6 Å². The molecular formula is C20H31N3O3. The minimum atomic E-state index is -0.664. The number of hydrogen-bond acceptors (Lipinski definition) is 4. The van der Waals surface area contributed by atoms with Gasteiger partial charge < -0.3 is 25.3 Å². The zero-order valence-electron chi connectivity index (χ0n) is 15.7. The number of phenols is 1. The van der Waals surface area contributed by atoms with Crippen LogP contribution in [0, 0.1) is 0 Å². The molecule has 144 valence electrons. The van der Waals surface area contributed by atoms with Crippen molar-refractivity contribution in [3.63, 3.8) is 0 Å². The van der Waals surface area contributed by atoms with Crippen LogP contribution in [0.2, 0.25) is 0 Å². The quantitative estimate of drug-likeness (QED) is 0.753. The van der Waals surface area contributed by atoms with E-state index in [9.17, 15) is 15.0 Å². The highest BCUT2D eigenvalue weighted by molar-refractivity contribution is 5.74. The lowest BCUT2D eigenvalue weighted by Gasteiger charge is -2.40. The molecule has 2 heterocycles. The summed E-state index contributed by atoms with van der Waals surface area (Å²) < 4.78 is 0. The maximum atomic E-state index is 12.6. The van der Waals surface area contributed by atoms with E-state index in [1.54, 1.807) is 12.1 Å². The first-order chi connectivity index (χ1) is 12.5. The molecule has 3 N–H and O–H groups in total. The molecule has 6 heteroatoms. The first-order valence-corrected chi connectivity index (χ1v) is 9.78. The van der Waals surface area contributed by atoms with Crippen LogP contribution in [0.4, 0.5) is 4.79 Å². The van der Waals surface area contributed by atoms with E-state index in [1.165, 1.54) is 12.8 Å². The van der Waals surface area contributed by atoms with Crippen molar-refractivity contribution in [1.82, 2.24) is 15.1 Å². The number of likely N-dealkylation sites (tertiary alicyclic amines) is 2. The van der Waals surface area contributed by atoms with Gasteiger partial charge in [-0.2, -0.15) is 0 Å². The summed E-state index contributed by atoms with van der Waals surface area (Å²) in [5, 5.41) is 23.4. The molecule has 1 unspecified atom stereocenters. The van der Waals surface area contributed by atoms with Gasteiger partial charge in [0.25, 0.3) is 0 Å². The Hall–Kier alpha value is -1.79. The second kappa shape index (κ2) is 8.27. The fourth-order valence-electron chi connectivity index (χ4n) is 4.01. The summed E-state index contributed by atoms with van der Waals surface area (Å²) in [6.07, 6.45) is 4.49. The topological polar surface area (TPSA) is 76.0 Å². The molecule has 0 aromatic heterocycles. The smallest absolute Gasteiger partial charge is 0.317 e. The van der Waals surface area contributed by atoms with Crippen molar-refractivity contribution < 1.29 is 15.0 Å². The lowest BCUT2D eigenvalue weighted by Crippen LogP contribution is -2.53. The van der Waals surface area contributed by atoms with Crippen LogP contribution in [-0.4, -0.2) is 64.4 Å². The second-order valence-electron chi connectivity index (χ2n) is 7.70. The molecule has 0 bridgehead atoms. The van der Waals surface area contributed by atoms with Crippen molar-refractivity contribution in [2.45, 2.75) is 50.7 Å². The van der Waals surface area contributed by atoms with Gasteiger partial charge in [0.15, 0.2) is 0 Å². The molecule has 0 radical (unpaired) electrons. The lowest BCUT2D eigenvalue weighted by atomic mass is 9.91. The van der Waals surface area contributed by atoms with Crippen LogP contribution in [0.5, 0.6) is 5.75 Å². The van der Waals surface area contributed by atoms with Crippen LogP contribution in [-0.2, 0) is 0 Å². The van der Waals surface area contributed by atoms with Crippen molar-refractivity contribution in [2.75, 3.05) is 32.7 Å². The largest absolute Gasteiger partial charge is 0.508 e. The third kappa shape index (κ3) is 4.68. The zero-order chi connectivity index (χ0) is 18.6. The lowest BCUT2D eigenvalue weighted by molar-refractivity contribution is -0.0341. The van der Waals surface area contributed by atoms with Gasteiger partial charge in [0, 0.05) is 19.6 Å². The van der Waals surface area contributed by atoms with Crippen molar-refractivity contribution in [3.8, 4) is 5.75 Å². The summed E-state index contributed by atoms with van der Waals surface area (Å²) in [6.45, 7) is 6.09. The molecule has 2 fully saturated rings. The van der Waals surface area contributed by atoms with Gasteiger partial charge in [-0.3, -0.25) is 0 Å². The van der Waals surface area contributed by atoms with E-state index in [-0.39, 0.29) is 17.8 Å². The summed E-state index contributed by atoms with van der Waals surface area (Å²) in [7, 11) is 0. The van der Waals surface area contributed by atoms with Crippen LogP contribution in [0.3, 0.4) is 0 Å². The predicted molar refractivity (Wildman–Crippen MR) is 101 cm³/mol. The molecule has 2 saturated heterocycles. The summed E-state index contributed by atoms with van der Waals surface area (Å²) in [6, 6.07) is 6.82. The van der Waals surface area contributed by atoms with Crippen molar-refractivity contribution in [2.24, 2.45) is 0 Å². The number of benzene rings is 1. The molecule has 6 nitrogen and oxygen atoms in total. The molecular weight excluding hydrogens is 330 g/mol. The van der Waals surface area contributed by atoms with Gasteiger partial charge in [-0.15, -0.1) is 0 Å². The molecule has 1 atom stereocenters.